The summed E-state index contributed by atoms with van der Waals surface area (Å²) in [6.07, 6.45) is 0. The molecule has 7 aromatic heterocycles. The number of hydrogen-bond acceptors (Lipinski definition) is 2. The van der Waals surface area contributed by atoms with Gasteiger partial charge in [0.25, 0.3) is 0 Å². The Bertz CT molecular complexity index is 8600. The van der Waals surface area contributed by atoms with Crippen LogP contribution in [0.25, 0.3) is 243 Å². The lowest BCUT2D eigenvalue weighted by molar-refractivity contribution is 0.999. The highest BCUT2D eigenvalue weighted by molar-refractivity contribution is 6.22. The molecule has 0 atom stereocenters. The van der Waals surface area contributed by atoms with Gasteiger partial charge in [0.1, 0.15) is 0 Å². The second-order valence-electron chi connectivity index (χ2n) is 31.5. The highest BCUT2D eigenvalue weighted by atomic mass is 15.2. The highest BCUT2D eigenvalue weighted by Crippen LogP contribution is 2.53. The van der Waals surface area contributed by atoms with E-state index in [-0.39, 0.29) is 0 Å². The van der Waals surface area contributed by atoms with Crippen LogP contribution in [0.5, 0.6) is 0 Å². The van der Waals surface area contributed by atoms with Gasteiger partial charge in [-0.15, -0.1) is 0 Å². The van der Waals surface area contributed by atoms with Crippen LogP contribution in [0, 0.1) is 0 Å². The maximum absolute atomic E-state index is 6.01. The molecule has 8 heteroatoms. The minimum absolute atomic E-state index is 0.600. The van der Waals surface area contributed by atoms with Gasteiger partial charge in [0.05, 0.1) is 83.3 Å². The molecule has 118 heavy (non-hydrogen) atoms. The largest absolute Gasteiger partial charge is 0.309 e. The van der Waals surface area contributed by atoms with Crippen LogP contribution in [0.1, 0.15) is 0 Å². The molecule has 0 spiro atoms. The lowest BCUT2D eigenvalue weighted by atomic mass is 9.98. The Hall–Kier alpha value is -15.9. The first-order chi connectivity index (χ1) is 58.5. The van der Waals surface area contributed by atoms with Crippen molar-refractivity contribution >= 4 is 142 Å². The molecular formula is C110H66N8. The van der Waals surface area contributed by atoms with Crippen LogP contribution in [0.3, 0.4) is 0 Å². The van der Waals surface area contributed by atoms with Crippen LogP contribution in [0.2, 0.25) is 0 Å². The summed E-state index contributed by atoms with van der Waals surface area (Å²) in [6.45, 7) is 0. The number of fused-ring (bicyclic) bond motifs is 21. The summed E-state index contributed by atoms with van der Waals surface area (Å²) in [4.78, 5) is 12.0. The van der Waals surface area contributed by atoms with Crippen LogP contribution in [0.15, 0.2) is 400 Å². The summed E-state index contributed by atoms with van der Waals surface area (Å²) >= 11 is 0. The van der Waals surface area contributed by atoms with Crippen LogP contribution in [-0.4, -0.2) is 37.4 Å². The van der Waals surface area contributed by atoms with Gasteiger partial charge in [0.15, 0.2) is 0 Å². The van der Waals surface area contributed by atoms with E-state index < -0.39 is 0 Å². The first kappa shape index (κ1) is 64.6. The summed E-state index contributed by atoms with van der Waals surface area (Å²) in [5, 5.41) is 16.7. The van der Waals surface area contributed by atoms with Crippen molar-refractivity contribution in [2.75, 3.05) is 0 Å². The smallest absolute Gasteiger partial charge is 0.235 e. The topological polar surface area (TPSA) is 55.4 Å². The summed E-state index contributed by atoms with van der Waals surface area (Å²) < 4.78 is 14.4. The molecule has 7 heterocycles. The van der Waals surface area contributed by atoms with E-state index in [0.29, 0.717) is 5.95 Å². The van der Waals surface area contributed by atoms with Crippen LogP contribution < -0.4 is 0 Å². The molecule has 0 N–H and O–H groups in total. The van der Waals surface area contributed by atoms with Crippen molar-refractivity contribution in [2.24, 2.45) is 0 Å². The van der Waals surface area contributed by atoms with Gasteiger partial charge in [-0.1, -0.05) is 255 Å². The summed E-state index contributed by atoms with van der Waals surface area (Å²) in [7, 11) is 0. The minimum atomic E-state index is 0.600. The summed E-state index contributed by atoms with van der Waals surface area (Å²) in [5.41, 5.74) is 32.1. The standard InChI is InChI=1S/C110H66N8/c1-4-23-74(24-5-1)113-94-38-17-13-32-81(94)90-61-68(48-57-100(90)113)71-45-53-84-78-29-10-16-37-93(78)116(103(84)64-71)77-51-43-67(44-52-77)108-107-88-56-60-99(117-97-41-20-11-30-79(97)85-54-46-72(65-104(85)117)69-49-58-101-91(62-69)82-33-14-18-39-95(82)114(101)75-25-6-2-7-26-75)87-35-22-36-89(106(87)88)109(107)112-110(111-108)118-98-42-21-12-31-80(98)86-55-47-73(66-105(86)118)70-50-59-102-92(63-70)83-34-15-19-40-96(83)115(102)76-27-8-3-9-28-76/h1-66H. The SMILES string of the molecule is c1ccc(-n2c3ccccc3c3cc(-c4ccc5c6ccccc6n(-c6ccc(-c7nc(-n8c9ccccc9c9ccc(-c%10ccc%11c(c%10)c%10ccccc%10n%11-c%10ccccc%10)cc98)nc8c7-c7ccc(-n9c%10ccccc%10c%10ccc(-c%11ccc%12c(c%11)c%11ccccc%11n%12-c%11ccccc%11)cc%109)c9cccc-8c79)cc6)c5c4)ccc32)cc1. The van der Waals surface area contributed by atoms with Crippen molar-refractivity contribution in [3.05, 3.63) is 400 Å². The Morgan fingerprint density at radius 1 is 0.161 bits per heavy atom. The number of nitrogens with zero attached hydrogens (tertiary/aromatic N) is 8. The van der Waals surface area contributed by atoms with E-state index in [1.807, 2.05) is 0 Å². The molecule has 0 saturated carbocycles. The fourth-order valence-electron chi connectivity index (χ4n) is 20.2. The van der Waals surface area contributed by atoms with Crippen LogP contribution in [-0.2, 0) is 0 Å². The number of para-hydroxylation sites is 9. The molecule has 0 amide bonds. The van der Waals surface area contributed by atoms with Crippen molar-refractivity contribution in [3.8, 4) is 101 Å². The molecule has 18 aromatic carbocycles. The molecule has 0 fully saturated rings. The Kier molecular flexibility index (Phi) is 13.6. The van der Waals surface area contributed by atoms with E-state index in [1.165, 1.54) is 81.4 Å². The zero-order valence-electron chi connectivity index (χ0n) is 63.7. The third kappa shape index (κ3) is 9.30. The zero-order chi connectivity index (χ0) is 77.0. The fraction of sp³-hybridized carbons (Fsp3) is 0. The number of aromatic nitrogens is 8. The molecule has 1 aliphatic carbocycles. The van der Waals surface area contributed by atoms with Crippen molar-refractivity contribution in [3.63, 3.8) is 0 Å². The third-order valence-corrected chi connectivity index (χ3v) is 25.4. The summed E-state index contributed by atoms with van der Waals surface area (Å²) in [6, 6.07) is 148. The molecular weight excluding hydrogens is 1430 g/mol. The molecule has 0 unspecified atom stereocenters. The van der Waals surface area contributed by atoms with Crippen molar-refractivity contribution in [1.82, 2.24) is 37.4 Å². The van der Waals surface area contributed by atoms with Gasteiger partial charge in [-0.2, -0.15) is 0 Å². The van der Waals surface area contributed by atoms with Crippen molar-refractivity contribution in [1.29, 1.82) is 0 Å². The fourth-order valence-corrected chi connectivity index (χ4v) is 20.2. The second kappa shape index (κ2) is 24.8. The Morgan fingerprint density at radius 2 is 0.458 bits per heavy atom. The lowest BCUT2D eigenvalue weighted by Crippen LogP contribution is -2.05. The normalized spacial score (nSPS) is 12.2. The molecule has 0 aliphatic heterocycles. The Balaban J connectivity index is 0.660. The van der Waals surface area contributed by atoms with E-state index in [0.717, 1.165) is 156 Å². The van der Waals surface area contributed by atoms with Gasteiger partial charge in [0, 0.05) is 115 Å². The van der Waals surface area contributed by atoms with E-state index in [1.54, 1.807) is 0 Å². The minimum Gasteiger partial charge on any atom is -0.309 e. The quantitative estimate of drug-likeness (QED) is 0.137. The van der Waals surface area contributed by atoms with E-state index in [2.05, 4.69) is 428 Å². The average molecular weight is 1500 g/mol. The third-order valence-electron chi connectivity index (χ3n) is 25.4. The highest BCUT2D eigenvalue weighted by Gasteiger charge is 2.32. The van der Waals surface area contributed by atoms with Crippen molar-refractivity contribution < 1.29 is 0 Å². The average Bonchev–Trinajstić information content (AvgIpc) is 1.55. The Morgan fingerprint density at radius 3 is 0.890 bits per heavy atom. The predicted molar refractivity (Wildman–Crippen MR) is 492 cm³/mol. The first-order valence-electron chi connectivity index (χ1n) is 40.5. The van der Waals surface area contributed by atoms with E-state index in [4.69, 9.17) is 9.97 Å². The monoisotopic (exact) mass is 1500 g/mol. The van der Waals surface area contributed by atoms with Gasteiger partial charge >= 0.3 is 0 Å². The number of rotatable bonds is 10. The van der Waals surface area contributed by atoms with Crippen LogP contribution in [0.4, 0.5) is 0 Å². The maximum atomic E-state index is 6.01. The molecule has 8 nitrogen and oxygen atoms in total. The summed E-state index contributed by atoms with van der Waals surface area (Å²) in [5.74, 6) is 0.600. The maximum Gasteiger partial charge on any atom is 0.235 e. The molecule has 0 bridgehead atoms. The van der Waals surface area contributed by atoms with Gasteiger partial charge in [-0.3, -0.25) is 4.57 Å². The molecule has 26 rings (SSSR count). The molecule has 25 aromatic rings. The number of benzene rings is 18. The first-order valence-corrected chi connectivity index (χ1v) is 40.5. The predicted octanol–water partition coefficient (Wildman–Crippen LogP) is 28.5. The lowest BCUT2D eigenvalue weighted by Gasteiger charge is -2.16. The molecule has 546 valence electrons. The van der Waals surface area contributed by atoms with E-state index in [9.17, 15) is 0 Å². The molecule has 1 aliphatic rings. The molecule has 0 saturated heterocycles. The van der Waals surface area contributed by atoms with Crippen LogP contribution >= 0.6 is 0 Å². The van der Waals surface area contributed by atoms with E-state index >= 15 is 0 Å². The van der Waals surface area contributed by atoms with Gasteiger partial charge in [-0.25, -0.2) is 9.97 Å². The zero-order valence-corrected chi connectivity index (χ0v) is 63.7. The molecule has 0 radical (unpaired) electrons. The second-order valence-corrected chi connectivity index (χ2v) is 31.5. The number of hydrogen-bond donors (Lipinski definition) is 0. The Labute approximate surface area is 676 Å². The van der Waals surface area contributed by atoms with Gasteiger partial charge < -0.3 is 22.8 Å². The van der Waals surface area contributed by atoms with Crippen molar-refractivity contribution in [2.45, 2.75) is 0 Å². The van der Waals surface area contributed by atoms with Gasteiger partial charge in [-0.05, 0) is 185 Å². The van der Waals surface area contributed by atoms with Gasteiger partial charge in [0.2, 0.25) is 5.95 Å².